The molecule has 1 heterocycles. The average molecular weight is 344 g/mol. The van der Waals surface area contributed by atoms with Crippen LogP contribution in [0.2, 0.25) is 0 Å². The Labute approximate surface area is 143 Å². The van der Waals surface area contributed by atoms with E-state index in [9.17, 15) is 15.0 Å². The van der Waals surface area contributed by atoms with Gasteiger partial charge < -0.3 is 29.2 Å². The number of allylic oxidation sites excluding steroid dienone is 1. The Balaban J connectivity index is 2.05. The standard InChI is InChI=1S/C18H16O7/c1-22-13-7-9(8-14(23-2)18(13)24-3)6-12-15(20)10-4-5-11(19)16(21)17(10)25-12/h4-8,19,21H,1-3H3/b12-6+. The third-order valence-electron chi connectivity index (χ3n) is 3.78. The summed E-state index contributed by atoms with van der Waals surface area (Å²) < 4.78 is 21.2. The van der Waals surface area contributed by atoms with Gasteiger partial charge in [-0.3, -0.25) is 4.79 Å². The van der Waals surface area contributed by atoms with Gasteiger partial charge in [0.1, 0.15) is 0 Å². The van der Waals surface area contributed by atoms with Crippen molar-refractivity contribution in [3.05, 3.63) is 41.2 Å². The fourth-order valence-electron chi connectivity index (χ4n) is 2.56. The van der Waals surface area contributed by atoms with Gasteiger partial charge in [-0.1, -0.05) is 0 Å². The van der Waals surface area contributed by atoms with E-state index < -0.39 is 11.5 Å². The third-order valence-corrected chi connectivity index (χ3v) is 3.78. The van der Waals surface area contributed by atoms with E-state index in [1.165, 1.54) is 39.5 Å². The fourth-order valence-corrected chi connectivity index (χ4v) is 2.56. The van der Waals surface area contributed by atoms with Crippen molar-refractivity contribution in [2.24, 2.45) is 0 Å². The molecule has 7 heteroatoms. The second kappa shape index (κ2) is 6.27. The van der Waals surface area contributed by atoms with E-state index in [0.29, 0.717) is 22.8 Å². The van der Waals surface area contributed by atoms with Gasteiger partial charge >= 0.3 is 0 Å². The summed E-state index contributed by atoms with van der Waals surface area (Å²) in [5, 5.41) is 19.4. The number of methoxy groups -OCH3 is 3. The lowest BCUT2D eigenvalue weighted by Crippen LogP contribution is -1.99. The van der Waals surface area contributed by atoms with Crippen LogP contribution in [0.3, 0.4) is 0 Å². The maximum absolute atomic E-state index is 12.4. The van der Waals surface area contributed by atoms with Gasteiger partial charge in [0.05, 0.1) is 26.9 Å². The first-order valence-electron chi connectivity index (χ1n) is 7.29. The minimum Gasteiger partial charge on any atom is -0.504 e. The minimum absolute atomic E-state index is 0.00479. The number of phenols is 2. The van der Waals surface area contributed by atoms with E-state index in [0.717, 1.165) is 0 Å². The highest BCUT2D eigenvalue weighted by Crippen LogP contribution is 2.45. The van der Waals surface area contributed by atoms with Crippen molar-refractivity contribution in [1.82, 2.24) is 0 Å². The number of fused-ring (bicyclic) bond motifs is 1. The molecule has 2 aromatic rings. The van der Waals surface area contributed by atoms with Gasteiger partial charge in [-0.25, -0.2) is 0 Å². The molecule has 0 saturated heterocycles. The van der Waals surface area contributed by atoms with Crippen LogP contribution in [0.5, 0.6) is 34.5 Å². The van der Waals surface area contributed by atoms with Crippen LogP contribution in [0.25, 0.3) is 6.08 Å². The Kier molecular flexibility index (Phi) is 4.14. The molecular formula is C18H16O7. The van der Waals surface area contributed by atoms with Crippen LogP contribution in [-0.2, 0) is 0 Å². The van der Waals surface area contributed by atoms with Crippen molar-refractivity contribution in [2.75, 3.05) is 21.3 Å². The van der Waals surface area contributed by atoms with Crippen molar-refractivity contribution >= 4 is 11.9 Å². The largest absolute Gasteiger partial charge is 0.504 e. The van der Waals surface area contributed by atoms with Crippen LogP contribution in [-0.4, -0.2) is 37.3 Å². The number of carbonyl (C=O) groups excluding carboxylic acids is 1. The van der Waals surface area contributed by atoms with Crippen molar-refractivity contribution in [3.8, 4) is 34.5 Å². The topological polar surface area (TPSA) is 94.5 Å². The number of benzene rings is 2. The zero-order valence-corrected chi connectivity index (χ0v) is 13.8. The molecule has 7 nitrogen and oxygen atoms in total. The smallest absolute Gasteiger partial charge is 0.232 e. The molecule has 1 aliphatic rings. The van der Waals surface area contributed by atoms with E-state index in [1.807, 2.05) is 0 Å². The quantitative estimate of drug-likeness (QED) is 0.650. The maximum Gasteiger partial charge on any atom is 0.232 e. The lowest BCUT2D eigenvalue weighted by molar-refractivity contribution is 0.101. The molecule has 1 aliphatic heterocycles. The molecule has 25 heavy (non-hydrogen) atoms. The molecule has 0 saturated carbocycles. The predicted octanol–water partition coefficient (Wildman–Crippen LogP) is 2.74. The number of phenolic OH excluding ortho intramolecular Hbond substituents is 2. The predicted molar refractivity (Wildman–Crippen MR) is 88.8 cm³/mol. The van der Waals surface area contributed by atoms with Crippen molar-refractivity contribution in [1.29, 1.82) is 0 Å². The van der Waals surface area contributed by atoms with E-state index >= 15 is 0 Å². The molecule has 0 fully saturated rings. The van der Waals surface area contributed by atoms with E-state index in [1.54, 1.807) is 12.1 Å². The highest BCUT2D eigenvalue weighted by atomic mass is 16.5. The SMILES string of the molecule is COc1cc(/C=C2/Oc3c(ccc(O)c3O)C2=O)cc(OC)c1OC. The third kappa shape index (κ3) is 2.69. The second-order valence-corrected chi connectivity index (χ2v) is 5.21. The highest BCUT2D eigenvalue weighted by Gasteiger charge is 2.31. The summed E-state index contributed by atoms with van der Waals surface area (Å²) >= 11 is 0. The Bertz CT molecular complexity index is 858. The number of hydrogen-bond donors (Lipinski definition) is 2. The summed E-state index contributed by atoms with van der Waals surface area (Å²) in [6, 6.07) is 5.94. The van der Waals surface area contributed by atoms with Gasteiger partial charge in [-0.15, -0.1) is 0 Å². The van der Waals surface area contributed by atoms with E-state index in [-0.39, 0.29) is 22.8 Å². The first-order chi connectivity index (χ1) is 12.0. The van der Waals surface area contributed by atoms with Gasteiger partial charge in [0.15, 0.2) is 28.8 Å². The molecule has 0 aliphatic carbocycles. The summed E-state index contributed by atoms with van der Waals surface area (Å²) in [4.78, 5) is 12.4. The van der Waals surface area contributed by atoms with Crippen LogP contribution in [0.4, 0.5) is 0 Å². The summed E-state index contributed by atoms with van der Waals surface area (Å²) in [6.45, 7) is 0. The number of rotatable bonds is 4. The zero-order chi connectivity index (χ0) is 18.1. The second-order valence-electron chi connectivity index (χ2n) is 5.21. The Morgan fingerprint density at radius 2 is 1.64 bits per heavy atom. The Morgan fingerprint density at radius 3 is 2.20 bits per heavy atom. The van der Waals surface area contributed by atoms with Crippen LogP contribution in [0, 0.1) is 0 Å². The van der Waals surface area contributed by atoms with Crippen LogP contribution in [0.1, 0.15) is 15.9 Å². The summed E-state index contributed by atoms with van der Waals surface area (Å²) in [5.74, 6) is -0.0152. The molecule has 0 unspecified atom stereocenters. The number of ketones is 1. The van der Waals surface area contributed by atoms with Crippen molar-refractivity contribution < 1.29 is 34.0 Å². The monoisotopic (exact) mass is 344 g/mol. The van der Waals surface area contributed by atoms with Crippen LogP contribution < -0.4 is 18.9 Å². The Hall–Kier alpha value is -3.35. The molecule has 2 aromatic carbocycles. The highest BCUT2D eigenvalue weighted by molar-refractivity contribution is 6.15. The number of aromatic hydroxyl groups is 2. The normalized spacial score (nSPS) is 14.2. The molecule has 2 N–H and O–H groups in total. The van der Waals surface area contributed by atoms with Gasteiger partial charge in [-0.2, -0.15) is 0 Å². The first-order valence-corrected chi connectivity index (χ1v) is 7.29. The molecule has 0 bridgehead atoms. The van der Waals surface area contributed by atoms with Gasteiger partial charge in [-0.05, 0) is 35.9 Å². The lowest BCUT2D eigenvalue weighted by Gasteiger charge is -2.13. The fraction of sp³-hybridized carbons (Fsp3) is 0.167. The zero-order valence-electron chi connectivity index (χ0n) is 13.8. The molecule has 130 valence electrons. The maximum atomic E-state index is 12.4. The van der Waals surface area contributed by atoms with Crippen LogP contribution >= 0.6 is 0 Å². The van der Waals surface area contributed by atoms with Crippen molar-refractivity contribution in [2.45, 2.75) is 0 Å². The molecule has 0 atom stereocenters. The number of Topliss-reactive ketones (excluding diaryl/α,β-unsaturated/α-hetero) is 1. The molecule has 3 rings (SSSR count). The van der Waals surface area contributed by atoms with Gasteiger partial charge in [0.2, 0.25) is 17.3 Å². The minimum atomic E-state index is -0.473. The number of hydrogen-bond acceptors (Lipinski definition) is 7. The van der Waals surface area contributed by atoms with Gasteiger partial charge in [0.25, 0.3) is 0 Å². The molecule has 0 aromatic heterocycles. The molecule has 0 spiro atoms. The van der Waals surface area contributed by atoms with Crippen LogP contribution in [0.15, 0.2) is 30.0 Å². The summed E-state index contributed by atoms with van der Waals surface area (Å²) in [6.07, 6.45) is 1.49. The number of ether oxygens (including phenoxy) is 4. The molecular weight excluding hydrogens is 328 g/mol. The molecule has 0 amide bonds. The summed E-state index contributed by atoms with van der Waals surface area (Å²) in [7, 11) is 4.47. The number of carbonyl (C=O) groups is 1. The first kappa shape index (κ1) is 16.5. The van der Waals surface area contributed by atoms with Gasteiger partial charge in [0, 0.05) is 0 Å². The molecule has 0 radical (unpaired) electrons. The average Bonchev–Trinajstić information content (AvgIpc) is 2.93. The van der Waals surface area contributed by atoms with E-state index in [2.05, 4.69) is 0 Å². The summed E-state index contributed by atoms with van der Waals surface area (Å²) in [5.41, 5.74) is 0.753. The van der Waals surface area contributed by atoms with E-state index in [4.69, 9.17) is 18.9 Å². The van der Waals surface area contributed by atoms with Crippen molar-refractivity contribution in [3.63, 3.8) is 0 Å². The Morgan fingerprint density at radius 1 is 1.00 bits per heavy atom. The lowest BCUT2D eigenvalue weighted by atomic mass is 10.1.